The van der Waals surface area contributed by atoms with E-state index in [1.54, 1.807) is 6.08 Å². The predicted molar refractivity (Wildman–Crippen MR) is 107 cm³/mol. The number of allylic oxidation sites excluding steroid dienone is 2. The van der Waals surface area contributed by atoms with Crippen molar-refractivity contribution in [2.75, 3.05) is 13.1 Å². The van der Waals surface area contributed by atoms with Crippen LogP contribution in [-0.4, -0.2) is 56.6 Å². The smallest absolute Gasteiger partial charge is 0.411 e. The molecule has 1 N–H and O–H groups in total. The number of halogens is 1. The first-order chi connectivity index (χ1) is 14.5. The summed E-state index contributed by atoms with van der Waals surface area (Å²) in [5, 5.41) is 10.9. The van der Waals surface area contributed by atoms with Gasteiger partial charge in [0, 0.05) is 18.9 Å². The normalized spacial score (nSPS) is 23.6. The fourth-order valence-electron chi connectivity index (χ4n) is 3.82. The van der Waals surface area contributed by atoms with Crippen LogP contribution in [0.1, 0.15) is 18.9 Å². The Hall–Kier alpha value is -3.49. The van der Waals surface area contributed by atoms with E-state index in [0.717, 1.165) is 5.56 Å². The van der Waals surface area contributed by atoms with Crippen LogP contribution in [0.5, 0.6) is 0 Å². The quantitative estimate of drug-likeness (QED) is 0.788. The molecule has 1 unspecified atom stereocenters. The van der Waals surface area contributed by atoms with Crippen LogP contribution in [0.2, 0.25) is 0 Å². The summed E-state index contributed by atoms with van der Waals surface area (Å²) in [6, 6.07) is 9.26. The summed E-state index contributed by atoms with van der Waals surface area (Å²) in [5.74, 6) is -0.534. The number of rotatable bonds is 6. The van der Waals surface area contributed by atoms with Crippen molar-refractivity contribution in [1.82, 2.24) is 25.2 Å². The lowest BCUT2D eigenvalue weighted by atomic mass is 9.84. The van der Waals surface area contributed by atoms with Gasteiger partial charge in [0.2, 0.25) is 5.91 Å². The fraction of sp³-hybridized carbons (Fsp3) is 0.333. The molecule has 2 aromatic rings. The molecule has 0 saturated carbocycles. The lowest BCUT2D eigenvalue weighted by Gasteiger charge is -2.39. The highest BCUT2D eigenvalue weighted by Gasteiger charge is 2.47. The highest BCUT2D eigenvalue weighted by molar-refractivity contribution is 5.79. The van der Waals surface area contributed by atoms with E-state index in [9.17, 15) is 9.59 Å². The molecule has 1 fully saturated rings. The van der Waals surface area contributed by atoms with Crippen LogP contribution in [0.3, 0.4) is 0 Å². The Labute approximate surface area is 173 Å². The summed E-state index contributed by atoms with van der Waals surface area (Å²) in [6.45, 7) is 1.99. The summed E-state index contributed by atoms with van der Waals surface area (Å²) in [5.41, 5.74) is 0.232. The molecule has 9 heteroatoms. The number of nitrogens with one attached hydrogen (secondary N) is 1. The van der Waals surface area contributed by atoms with Gasteiger partial charge in [-0.3, -0.25) is 9.69 Å². The van der Waals surface area contributed by atoms with Crippen molar-refractivity contribution < 1.29 is 18.7 Å². The van der Waals surface area contributed by atoms with Crippen LogP contribution < -0.4 is 5.32 Å². The summed E-state index contributed by atoms with van der Waals surface area (Å²) >= 11 is 0. The molecule has 2 amide bonds. The molecule has 0 radical (unpaired) electrons. The molecule has 1 saturated heterocycles. The Bertz CT molecular complexity index is 989. The molecular weight excluding hydrogens is 389 g/mol. The van der Waals surface area contributed by atoms with Crippen molar-refractivity contribution in [3.63, 3.8) is 0 Å². The lowest BCUT2D eigenvalue weighted by Crippen LogP contribution is -2.52. The first-order valence-electron chi connectivity index (χ1n) is 9.67. The van der Waals surface area contributed by atoms with Gasteiger partial charge in [0.1, 0.15) is 11.9 Å². The molecule has 1 aromatic heterocycles. The maximum atomic E-state index is 15.3. The number of carbonyl (C=O) groups is 2. The highest BCUT2D eigenvalue weighted by Crippen LogP contribution is 2.39. The molecule has 30 heavy (non-hydrogen) atoms. The minimum absolute atomic E-state index is 0.0305. The monoisotopic (exact) mass is 411 g/mol. The van der Waals surface area contributed by atoms with Gasteiger partial charge in [0.15, 0.2) is 0 Å². The summed E-state index contributed by atoms with van der Waals surface area (Å²) in [6.07, 6.45) is 5.48. The van der Waals surface area contributed by atoms with Crippen molar-refractivity contribution in [2.45, 2.75) is 31.5 Å². The van der Waals surface area contributed by atoms with Crippen molar-refractivity contribution in [1.29, 1.82) is 0 Å². The van der Waals surface area contributed by atoms with Crippen LogP contribution in [0.25, 0.3) is 5.57 Å². The van der Waals surface area contributed by atoms with Crippen molar-refractivity contribution in [3.8, 4) is 0 Å². The van der Waals surface area contributed by atoms with Gasteiger partial charge in [-0.2, -0.15) is 15.0 Å². The second-order valence-corrected chi connectivity index (χ2v) is 7.41. The molecule has 0 bridgehead atoms. The molecule has 2 atom stereocenters. The highest BCUT2D eigenvalue weighted by atomic mass is 19.1. The van der Waals surface area contributed by atoms with Gasteiger partial charge < -0.3 is 10.1 Å². The third-order valence-corrected chi connectivity index (χ3v) is 5.27. The number of carbonyl (C=O) groups excluding carboxylic acids is 2. The van der Waals surface area contributed by atoms with E-state index in [-0.39, 0.29) is 37.8 Å². The van der Waals surface area contributed by atoms with Crippen molar-refractivity contribution in [3.05, 3.63) is 66.3 Å². The van der Waals surface area contributed by atoms with E-state index in [0.29, 0.717) is 5.57 Å². The second kappa shape index (κ2) is 8.10. The molecule has 4 rings (SSSR count). The van der Waals surface area contributed by atoms with Crippen LogP contribution in [0, 0.1) is 0 Å². The molecular formula is C21H22FN5O3. The van der Waals surface area contributed by atoms with Gasteiger partial charge in [0.05, 0.1) is 37.6 Å². The number of aromatic nitrogens is 3. The van der Waals surface area contributed by atoms with Gasteiger partial charge in [0.25, 0.3) is 0 Å². The number of amides is 2. The molecule has 1 aliphatic heterocycles. The third-order valence-electron chi connectivity index (χ3n) is 5.27. The Morgan fingerprint density at radius 2 is 2.03 bits per heavy atom. The van der Waals surface area contributed by atoms with E-state index >= 15 is 4.39 Å². The van der Waals surface area contributed by atoms with E-state index in [4.69, 9.17) is 4.74 Å². The van der Waals surface area contributed by atoms with Gasteiger partial charge in [-0.15, -0.1) is 0 Å². The standard InChI is InChI=1S/C21H22FN5O3/c1-15(28)23-12-17-13-26(20(29)30-17)21(14-27-24-9-10-25-27)8-7-18(19(22)11-21)16-5-3-2-4-6-16/h2-10,17H,11-14H2,1H3,(H,23,28)/t17-,21?/m0/s1. The Morgan fingerprint density at radius 1 is 1.30 bits per heavy atom. The zero-order valence-corrected chi connectivity index (χ0v) is 16.5. The van der Waals surface area contributed by atoms with Gasteiger partial charge in [-0.1, -0.05) is 42.5 Å². The zero-order valence-electron chi connectivity index (χ0n) is 16.5. The van der Waals surface area contributed by atoms with E-state index in [1.807, 2.05) is 36.4 Å². The van der Waals surface area contributed by atoms with Crippen molar-refractivity contribution in [2.24, 2.45) is 0 Å². The van der Waals surface area contributed by atoms with Gasteiger partial charge in [-0.25, -0.2) is 9.18 Å². The average Bonchev–Trinajstić information content (AvgIpc) is 3.36. The van der Waals surface area contributed by atoms with Gasteiger partial charge >= 0.3 is 6.09 Å². The molecule has 156 valence electrons. The average molecular weight is 411 g/mol. The molecule has 1 aliphatic carbocycles. The fourth-order valence-corrected chi connectivity index (χ4v) is 3.82. The first-order valence-corrected chi connectivity index (χ1v) is 9.67. The number of benzene rings is 1. The number of ether oxygens (including phenoxy) is 1. The molecule has 2 heterocycles. The number of nitrogens with zero attached hydrogens (tertiary/aromatic N) is 4. The summed E-state index contributed by atoms with van der Waals surface area (Å²) < 4.78 is 20.7. The Kier molecular flexibility index (Phi) is 5.35. The topological polar surface area (TPSA) is 89.4 Å². The number of hydrogen-bond acceptors (Lipinski definition) is 5. The molecule has 2 aliphatic rings. The molecule has 0 spiro atoms. The number of hydrogen-bond donors (Lipinski definition) is 1. The van der Waals surface area contributed by atoms with Crippen molar-refractivity contribution >= 4 is 17.6 Å². The predicted octanol–water partition coefficient (Wildman–Crippen LogP) is 2.31. The van der Waals surface area contributed by atoms with E-state index in [2.05, 4.69) is 15.5 Å². The maximum absolute atomic E-state index is 15.3. The molecule has 8 nitrogen and oxygen atoms in total. The van der Waals surface area contributed by atoms with Crippen LogP contribution in [0.15, 0.2) is 60.7 Å². The van der Waals surface area contributed by atoms with Crippen LogP contribution in [0.4, 0.5) is 9.18 Å². The van der Waals surface area contributed by atoms with Crippen LogP contribution in [-0.2, 0) is 16.1 Å². The molecule has 1 aromatic carbocycles. The summed E-state index contributed by atoms with van der Waals surface area (Å²) in [7, 11) is 0. The lowest BCUT2D eigenvalue weighted by molar-refractivity contribution is -0.119. The largest absolute Gasteiger partial charge is 0.442 e. The number of cyclic esters (lactones) is 1. The van der Waals surface area contributed by atoms with E-state index < -0.39 is 17.7 Å². The second-order valence-electron chi connectivity index (χ2n) is 7.41. The first kappa shape index (κ1) is 19.8. The summed E-state index contributed by atoms with van der Waals surface area (Å²) in [4.78, 5) is 26.8. The SMILES string of the molecule is CC(=O)NC[C@H]1CN(C2(Cn3nccn3)C=CC(c3ccccc3)=C(F)C2)C(=O)O1. The zero-order chi connectivity index (χ0) is 21.1. The van der Waals surface area contributed by atoms with E-state index in [1.165, 1.54) is 29.0 Å². The van der Waals surface area contributed by atoms with Gasteiger partial charge in [-0.05, 0) is 5.56 Å². The maximum Gasteiger partial charge on any atom is 0.411 e. The minimum atomic E-state index is -1.02. The third kappa shape index (κ3) is 3.96. The minimum Gasteiger partial charge on any atom is -0.442 e. The Morgan fingerprint density at radius 3 is 2.70 bits per heavy atom. The Balaban J connectivity index is 1.63. The van der Waals surface area contributed by atoms with Crippen LogP contribution >= 0.6 is 0 Å².